The van der Waals surface area contributed by atoms with Gasteiger partial charge in [-0.1, -0.05) is 13.8 Å². The van der Waals surface area contributed by atoms with Gasteiger partial charge in [-0.3, -0.25) is 9.78 Å². The maximum atomic E-state index is 12.0. The Morgan fingerprint density at radius 1 is 1.50 bits per heavy atom. The highest BCUT2D eigenvalue weighted by Crippen LogP contribution is 2.31. The predicted octanol–water partition coefficient (Wildman–Crippen LogP) is 2.79. The lowest BCUT2D eigenvalue weighted by Crippen LogP contribution is -2.21. The van der Waals surface area contributed by atoms with Crippen LogP contribution in [-0.4, -0.2) is 16.5 Å². The summed E-state index contributed by atoms with van der Waals surface area (Å²) < 4.78 is 0. The summed E-state index contributed by atoms with van der Waals surface area (Å²) in [7, 11) is 0. The molecule has 2 rings (SSSR count). The Morgan fingerprint density at radius 2 is 2.25 bits per heavy atom. The molecule has 0 atom stereocenters. The van der Waals surface area contributed by atoms with Gasteiger partial charge in [-0.2, -0.15) is 0 Å². The number of ketones is 1. The van der Waals surface area contributed by atoms with Crippen molar-refractivity contribution in [3.63, 3.8) is 0 Å². The van der Waals surface area contributed by atoms with Gasteiger partial charge in [-0.25, -0.2) is 4.99 Å². The molecule has 0 aromatic carbocycles. The zero-order chi connectivity index (χ0) is 11.5. The fraction of sp³-hybridized carbons (Fsp3) is 0.462. The summed E-state index contributed by atoms with van der Waals surface area (Å²) in [6.07, 6.45) is 5.44. The van der Waals surface area contributed by atoms with Crippen LogP contribution in [-0.2, 0) is 4.79 Å². The highest BCUT2D eigenvalue weighted by Gasteiger charge is 2.33. The maximum absolute atomic E-state index is 12.0. The lowest BCUT2D eigenvalue weighted by molar-refractivity contribution is -0.114. The molecule has 1 fully saturated rings. The van der Waals surface area contributed by atoms with Gasteiger partial charge >= 0.3 is 0 Å². The second-order valence-corrected chi connectivity index (χ2v) is 4.50. The van der Waals surface area contributed by atoms with Gasteiger partial charge in [0, 0.05) is 12.1 Å². The quantitative estimate of drug-likeness (QED) is 0.726. The Morgan fingerprint density at radius 3 is 2.75 bits per heavy atom. The molecular weight excluding hydrogens is 200 g/mol. The lowest BCUT2D eigenvalue weighted by atomic mass is 10.0. The number of aliphatic imine (C=N–C) groups is 1. The number of aromatic nitrogens is 1. The van der Waals surface area contributed by atoms with Gasteiger partial charge < -0.3 is 0 Å². The molecule has 1 saturated carbocycles. The van der Waals surface area contributed by atoms with Crippen molar-refractivity contribution >= 4 is 17.2 Å². The van der Waals surface area contributed by atoms with E-state index in [9.17, 15) is 4.79 Å². The molecule has 1 aromatic rings. The highest BCUT2D eigenvalue weighted by atomic mass is 16.1. The van der Waals surface area contributed by atoms with Crippen LogP contribution < -0.4 is 0 Å². The summed E-state index contributed by atoms with van der Waals surface area (Å²) in [5.74, 6) is 0.630. The Balaban J connectivity index is 2.25. The van der Waals surface area contributed by atoms with Crippen LogP contribution in [0.3, 0.4) is 0 Å². The molecule has 1 aliphatic rings. The largest absolute Gasteiger partial charge is 0.293 e. The van der Waals surface area contributed by atoms with Crippen LogP contribution in [0.2, 0.25) is 0 Å². The first-order chi connectivity index (χ1) is 7.68. The zero-order valence-corrected chi connectivity index (χ0v) is 9.68. The minimum atomic E-state index is 0.174. The third kappa shape index (κ3) is 2.54. The van der Waals surface area contributed by atoms with Crippen LogP contribution in [0.15, 0.2) is 29.5 Å². The first-order valence-electron chi connectivity index (χ1n) is 5.71. The van der Waals surface area contributed by atoms with Crippen molar-refractivity contribution in [3.05, 3.63) is 24.5 Å². The zero-order valence-electron chi connectivity index (χ0n) is 9.68. The minimum Gasteiger partial charge on any atom is -0.293 e. The molecule has 0 aliphatic heterocycles. The number of pyridine rings is 1. The van der Waals surface area contributed by atoms with Gasteiger partial charge in [0.15, 0.2) is 5.78 Å². The van der Waals surface area contributed by atoms with E-state index in [1.165, 1.54) is 0 Å². The predicted molar refractivity (Wildman–Crippen MR) is 63.9 cm³/mol. The molecular formula is C13H16N2O. The molecule has 1 aromatic heterocycles. The fourth-order valence-corrected chi connectivity index (χ4v) is 1.58. The molecule has 1 heterocycles. The molecule has 0 amide bonds. The Hall–Kier alpha value is -1.51. The molecule has 84 valence electrons. The van der Waals surface area contributed by atoms with Gasteiger partial charge in [-0.15, -0.1) is 0 Å². The van der Waals surface area contributed by atoms with E-state index in [1.807, 2.05) is 26.0 Å². The van der Waals surface area contributed by atoms with Crippen molar-refractivity contribution < 1.29 is 4.79 Å². The van der Waals surface area contributed by atoms with Crippen LogP contribution in [0.1, 0.15) is 26.7 Å². The van der Waals surface area contributed by atoms with Crippen LogP contribution >= 0.6 is 0 Å². The fourth-order valence-electron chi connectivity index (χ4n) is 1.58. The van der Waals surface area contributed by atoms with Crippen molar-refractivity contribution in [1.82, 2.24) is 4.98 Å². The Bertz CT molecular complexity index is 405. The first-order valence-corrected chi connectivity index (χ1v) is 5.71. The molecule has 16 heavy (non-hydrogen) atoms. The average Bonchev–Trinajstić information content (AvgIpc) is 3.10. The summed E-state index contributed by atoms with van der Waals surface area (Å²) >= 11 is 0. The number of carbonyl (C=O) groups excluding carboxylic acids is 1. The van der Waals surface area contributed by atoms with E-state index in [0.29, 0.717) is 5.71 Å². The molecule has 1 aliphatic carbocycles. The molecule has 0 unspecified atom stereocenters. The van der Waals surface area contributed by atoms with Crippen LogP contribution in [0.4, 0.5) is 5.69 Å². The third-order valence-corrected chi connectivity index (χ3v) is 2.64. The summed E-state index contributed by atoms with van der Waals surface area (Å²) in [5.41, 5.74) is 1.45. The topological polar surface area (TPSA) is 42.3 Å². The van der Waals surface area contributed by atoms with E-state index in [2.05, 4.69) is 9.98 Å². The molecule has 3 nitrogen and oxygen atoms in total. The van der Waals surface area contributed by atoms with Gasteiger partial charge in [0.1, 0.15) is 0 Å². The standard InChI is InChI=1S/C13H16N2O/c1-9(2)12(13(16)10-5-6-10)15-11-4-3-7-14-8-11/h3-4,7-10H,5-6H2,1-2H3. The second-order valence-electron chi connectivity index (χ2n) is 4.50. The summed E-state index contributed by atoms with van der Waals surface area (Å²) in [6.45, 7) is 4.02. The van der Waals surface area contributed by atoms with E-state index in [1.54, 1.807) is 12.4 Å². The van der Waals surface area contributed by atoms with Gasteiger partial charge in [0.2, 0.25) is 0 Å². The molecule has 3 heteroatoms. The molecule has 0 radical (unpaired) electrons. The Kier molecular flexibility index (Phi) is 3.13. The lowest BCUT2D eigenvalue weighted by Gasteiger charge is -2.08. The van der Waals surface area contributed by atoms with Crippen molar-refractivity contribution in [2.24, 2.45) is 16.8 Å². The number of rotatable bonds is 4. The summed E-state index contributed by atoms with van der Waals surface area (Å²) in [4.78, 5) is 20.4. The van der Waals surface area contributed by atoms with Crippen molar-refractivity contribution in [3.8, 4) is 0 Å². The van der Waals surface area contributed by atoms with E-state index >= 15 is 0 Å². The monoisotopic (exact) mass is 216 g/mol. The SMILES string of the molecule is CC(C)C(=Nc1cccnc1)C(=O)C1CC1. The molecule has 0 saturated heterocycles. The smallest absolute Gasteiger partial charge is 0.180 e. The minimum absolute atomic E-state index is 0.174. The highest BCUT2D eigenvalue weighted by molar-refractivity contribution is 6.42. The molecule has 0 bridgehead atoms. The van der Waals surface area contributed by atoms with Crippen LogP contribution in [0.25, 0.3) is 0 Å². The van der Waals surface area contributed by atoms with Gasteiger partial charge in [0.05, 0.1) is 17.6 Å². The van der Waals surface area contributed by atoms with E-state index < -0.39 is 0 Å². The van der Waals surface area contributed by atoms with E-state index in [-0.39, 0.29) is 17.6 Å². The van der Waals surface area contributed by atoms with Crippen LogP contribution in [0, 0.1) is 11.8 Å². The Labute approximate surface area is 95.6 Å². The normalized spacial score (nSPS) is 16.6. The number of carbonyl (C=O) groups is 1. The van der Waals surface area contributed by atoms with Crippen molar-refractivity contribution in [2.45, 2.75) is 26.7 Å². The summed E-state index contributed by atoms with van der Waals surface area (Å²) in [5, 5.41) is 0. The maximum Gasteiger partial charge on any atom is 0.180 e. The van der Waals surface area contributed by atoms with Gasteiger partial charge in [0.25, 0.3) is 0 Å². The first kappa shape index (κ1) is 11.0. The van der Waals surface area contributed by atoms with Gasteiger partial charge in [-0.05, 0) is 30.9 Å². The molecule has 0 spiro atoms. The van der Waals surface area contributed by atoms with E-state index in [0.717, 1.165) is 18.5 Å². The number of hydrogen-bond donors (Lipinski definition) is 0. The van der Waals surface area contributed by atoms with E-state index in [4.69, 9.17) is 0 Å². The number of Topliss-reactive ketones (excluding diaryl/α,β-unsaturated/α-hetero) is 1. The average molecular weight is 216 g/mol. The molecule has 0 N–H and O–H groups in total. The number of hydrogen-bond acceptors (Lipinski definition) is 3. The second kappa shape index (κ2) is 4.56. The van der Waals surface area contributed by atoms with Crippen molar-refractivity contribution in [1.29, 1.82) is 0 Å². The van der Waals surface area contributed by atoms with Crippen molar-refractivity contribution in [2.75, 3.05) is 0 Å². The number of nitrogens with zero attached hydrogens (tertiary/aromatic N) is 2. The van der Waals surface area contributed by atoms with Crippen LogP contribution in [0.5, 0.6) is 0 Å². The summed E-state index contributed by atoms with van der Waals surface area (Å²) in [6, 6.07) is 3.70. The third-order valence-electron chi connectivity index (χ3n) is 2.64.